The lowest BCUT2D eigenvalue weighted by molar-refractivity contribution is 0.414. The van der Waals surface area contributed by atoms with Gasteiger partial charge >= 0.3 is 0 Å². The second-order valence-electron chi connectivity index (χ2n) is 2.97. The molecule has 13 heavy (non-hydrogen) atoms. The van der Waals surface area contributed by atoms with Gasteiger partial charge in [0.15, 0.2) is 0 Å². The van der Waals surface area contributed by atoms with E-state index in [-0.39, 0.29) is 5.92 Å². The average Bonchev–Trinajstić information content (AvgIpc) is 2.16. The van der Waals surface area contributed by atoms with Crippen LogP contribution in [0.5, 0.6) is 5.75 Å². The minimum Gasteiger partial charge on any atom is -0.497 e. The molecule has 0 saturated heterocycles. The molecule has 0 spiro atoms. The first-order valence-corrected chi connectivity index (χ1v) is 4.10. The molecule has 67 valence electrons. The van der Waals surface area contributed by atoms with Gasteiger partial charge in [0.2, 0.25) is 0 Å². The van der Waals surface area contributed by atoms with Crippen molar-refractivity contribution in [1.82, 2.24) is 0 Å². The van der Waals surface area contributed by atoms with Gasteiger partial charge in [0.05, 0.1) is 18.7 Å². The zero-order valence-electron chi connectivity index (χ0n) is 7.87. The molecule has 0 saturated carbocycles. The van der Waals surface area contributed by atoms with Crippen molar-refractivity contribution >= 4 is 0 Å². The van der Waals surface area contributed by atoms with E-state index in [1.807, 2.05) is 13.0 Å². The minimum atomic E-state index is 0.102. The first-order valence-electron chi connectivity index (χ1n) is 4.10. The van der Waals surface area contributed by atoms with E-state index in [4.69, 9.17) is 10.00 Å². The van der Waals surface area contributed by atoms with Crippen molar-refractivity contribution in [2.24, 2.45) is 0 Å². The summed E-state index contributed by atoms with van der Waals surface area (Å²) in [6.07, 6.45) is 0. The molecule has 2 heteroatoms. The van der Waals surface area contributed by atoms with E-state index < -0.39 is 0 Å². The Bertz CT molecular complexity index is 336. The van der Waals surface area contributed by atoms with E-state index in [0.717, 1.165) is 11.3 Å². The Kier molecular flexibility index (Phi) is 2.92. The Morgan fingerprint density at radius 3 is 2.69 bits per heavy atom. The standard InChI is InChI=1S/C11H12NO/c1-8(2)11-6-10(13-3)5-4-9(11)7-12/h4-6,8H,1H2,2-3H3. The van der Waals surface area contributed by atoms with E-state index in [0.29, 0.717) is 5.56 Å². The smallest absolute Gasteiger partial charge is 0.119 e. The third-order valence-electron chi connectivity index (χ3n) is 1.91. The first-order chi connectivity index (χ1) is 6.19. The molecular weight excluding hydrogens is 162 g/mol. The van der Waals surface area contributed by atoms with Crippen LogP contribution in [0.15, 0.2) is 18.2 Å². The molecule has 0 aliphatic carbocycles. The van der Waals surface area contributed by atoms with Gasteiger partial charge < -0.3 is 4.74 Å². The molecule has 1 rings (SSSR count). The van der Waals surface area contributed by atoms with E-state index >= 15 is 0 Å². The molecule has 1 atom stereocenters. The summed E-state index contributed by atoms with van der Waals surface area (Å²) in [5.41, 5.74) is 1.60. The predicted molar refractivity (Wildman–Crippen MR) is 51.5 cm³/mol. The number of rotatable bonds is 2. The molecule has 1 aromatic rings. The summed E-state index contributed by atoms with van der Waals surface area (Å²) >= 11 is 0. The summed E-state index contributed by atoms with van der Waals surface area (Å²) < 4.78 is 5.07. The summed E-state index contributed by atoms with van der Waals surface area (Å²) in [5.74, 6) is 0.870. The molecule has 0 fully saturated rings. The van der Waals surface area contributed by atoms with Gasteiger partial charge in [-0.25, -0.2) is 0 Å². The maximum Gasteiger partial charge on any atom is 0.119 e. The largest absolute Gasteiger partial charge is 0.497 e. The lowest BCUT2D eigenvalue weighted by Gasteiger charge is -2.09. The van der Waals surface area contributed by atoms with Crippen molar-refractivity contribution in [3.8, 4) is 11.8 Å². The molecule has 1 radical (unpaired) electrons. The predicted octanol–water partition coefficient (Wildman–Crippen LogP) is 2.50. The molecule has 0 aliphatic heterocycles. The van der Waals surface area contributed by atoms with Crippen LogP contribution in [0.1, 0.15) is 24.0 Å². The molecule has 0 heterocycles. The lowest BCUT2D eigenvalue weighted by Crippen LogP contribution is -1.94. The van der Waals surface area contributed by atoms with Gasteiger partial charge in [-0.05, 0) is 36.6 Å². The van der Waals surface area contributed by atoms with Crippen molar-refractivity contribution in [2.45, 2.75) is 12.8 Å². The van der Waals surface area contributed by atoms with Crippen molar-refractivity contribution in [3.05, 3.63) is 36.2 Å². The van der Waals surface area contributed by atoms with Crippen molar-refractivity contribution in [3.63, 3.8) is 0 Å². The highest BCUT2D eigenvalue weighted by Crippen LogP contribution is 2.23. The third kappa shape index (κ3) is 2.00. The van der Waals surface area contributed by atoms with E-state index in [2.05, 4.69) is 13.0 Å². The number of nitrogens with zero attached hydrogens (tertiary/aromatic N) is 1. The highest BCUT2D eigenvalue weighted by atomic mass is 16.5. The van der Waals surface area contributed by atoms with Crippen LogP contribution in [-0.2, 0) is 0 Å². The van der Waals surface area contributed by atoms with Gasteiger partial charge in [-0.3, -0.25) is 0 Å². The molecule has 0 N–H and O–H groups in total. The second kappa shape index (κ2) is 3.95. The van der Waals surface area contributed by atoms with Crippen LogP contribution in [0.2, 0.25) is 0 Å². The minimum absolute atomic E-state index is 0.102. The maximum absolute atomic E-state index is 8.81. The molecule has 1 unspecified atom stereocenters. The Hall–Kier alpha value is -1.49. The van der Waals surface area contributed by atoms with Crippen molar-refractivity contribution in [2.75, 3.05) is 7.11 Å². The summed E-state index contributed by atoms with van der Waals surface area (Å²) in [4.78, 5) is 0. The maximum atomic E-state index is 8.81. The highest BCUT2D eigenvalue weighted by Gasteiger charge is 2.07. The third-order valence-corrected chi connectivity index (χ3v) is 1.91. The van der Waals surface area contributed by atoms with Crippen LogP contribution in [0.4, 0.5) is 0 Å². The average molecular weight is 174 g/mol. The van der Waals surface area contributed by atoms with Crippen LogP contribution < -0.4 is 4.74 Å². The normalized spacial score (nSPS) is 9.77. The Morgan fingerprint density at radius 1 is 1.54 bits per heavy atom. The summed E-state index contributed by atoms with van der Waals surface area (Å²) in [6, 6.07) is 7.53. The van der Waals surface area contributed by atoms with Gasteiger partial charge in [0.25, 0.3) is 0 Å². The highest BCUT2D eigenvalue weighted by molar-refractivity contribution is 5.44. The van der Waals surface area contributed by atoms with Crippen molar-refractivity contribution in [1.29, 1.82) is 5.26 Å². The molecule has 0 aromatic heterocycles. The van der Waals surface area contributed by atoms with Gasteiger partial charge in [-0.15, -0.1) is 0 Å². The Balaban J connectivity index is 3.20. The summed E-state index contributed by atoms with van der Waals surface area (Å²) in [5, 5.41) is 8.81. The fraction of sp³-hybridized carbons (Fsp3) is 0.273. The zero-order valence-corrected chi connectivity index (χ0v) is 7.87. The molecule has 0 aliphatic rings. The van der Waals surface area contributed by atoms with Gasteiger partial charge in [-0.2, -0.15) is 5.26 Å². The summed E-state index contributed by atoms with van der Waals surface area (Å²) in [7, 11) is 1.61. The van der Waals surface area contributed by atoms with Gasteiger partial charge in [0, 0.05) is 0 Å². The fourth-order valence-corrected chi connectivity index (χ4v) is 1.18. The Morgan fingerprint density at radius 2 is 2.23 bits per heavy atom. The molecule has 1 aromatic carbocycles. The molecule has 0 bridgehead atoms. The number of ether oxygens (including phenoxy) is 1. The zero-order chi connectivity index (χ0) is 9.84. The van der Waals surface area contributed by atoms with E-state index in [9.17, 15) is 0 Å². The van der Waals surface area contributed by atoms with Crippen LogP contribution in [0, 0.1) is 18.3 Å². The summed E-state index contributed by atoms with van der Waals surface area (Å²) in [6.45, 7) is 5.84. The van der Waals surface area contributed by atoms with Gasteiger partial charge in [-0.1, -0.05) is 6.92 Å². The molecule has 0 amide bonds. The SMILES string of the molecule is [CH2]C(C)c1cc(OC)ccc1C#N. The number of benzene rings is 1. The Labute approximate surface area is 78.8 Å². The van der Waals surface area contributed by atoms with E-state index in [1.165, 1.54) is 0 Å². The van der Waals surface area contributed by atoms with Crippen LogP contribution >= 0.6 is 0 Å². The monoisotopic (exact) mass is 174 g/mol. The quantitative estimate of drug-likeness (QED) is 0.690. The van der Waals surface area contributed by atoms with E-state index in [1.54, 1.807) is 19.2 Å². The van der Waals surface area contributed by atoms with Crippen molar-refractivity contribution < 1.29 is 4.74 Å². The number of hydrogen-bond donors (Lipinski definition) is 0. The number of hydrogen-bond acceptors (Lipinski definition) is 2. The molecule has 2 nitrogen and oxygen atoms in total. The first kappa shape index (κ1) is 9.60. The fourth-order valence-electron chi connectivity index (χ4n) is 1.18. The van der Waals surface area contributed by atoms with Crippen LogP contribution in [-0.4, -0.2) is 7.11 Å². The lowest BCUT2D eigenvalue weighted by atomic mass is 9.98. The van der Waals surface area contributed by atoms with Crippen LogP contribution in [0.25, 0.3) is 0 Å². The second-order valence-corrected chi connectivity index (χ2v) is 2.97. The van der Waals surface area contributed by atoms with Gasteiger partial charge in [0.1, 0.15) is 5.75 Å². The molecular formula is C11H12NO. The number of methoxy groups -OCH3 is 1. The number of nitriles is 1. The topological polar surface area (TPSA) is 33.0 Å². The van der Waals surface area contributed by atoms with Crippen LogP contribution in [0.3, 0.4) is 0 Å².